The molecule has 1 aliphatic rings. The third-order valence-electron chi connectivity index (χ3n) is 3.56. The van der Waals surface area contributed by atoms with Crippen LogP contribution in [0.3, 0.4) is 0 Å². The summed E-state index contributed by atoms with van der Waals surface area (Å²) in [5.74, 6) is -0.158. The monoisotopic (exact) mass is 218 g/mol. The third-order valence-corrected chi connectivity index (χ3v) is 3.56. The van der Waals surface area contributed by atoms with Crippen molar-refractivity contribution < 1.29 is 4.39 Å². The van der Waals surface area contributed by atoms with Crippen LogP contribution in [0.4, 0.5) is 4.39 Å². The molecular weight excluding hydrogens is 203 g/mol. The van der Waals surface area contributed by atoms with E-state index in [0.29, 0.717) is 6.04 Å². The normalized spacial score (nSPS) is 22.0. The maximum Gasteiger partial charge on any atom is 0.123 e. The summed E-state index contributed by atoms with van der Waals surface area (Å²) in [5.41, 5.74) is 2.26. The second-order valence-electron chi connectivity index (χ2n) is 4.57. The molecule has 3 rings (SSSR count). The van der Waals surface area contributed by atoms with Crippen LogP contribution >= 0.6 is 0 Å². The highest BCUT2D eigenvalue weighted by molar-refractivity contribution is 5.83. The van der Waals surface area contributed by atoms with Gasteiger partial charge < -0.3 is 4.98 Å². The first-order valence-corrected chi connectivity index (χ1v) is 5.72. The van der Waals surface area contributed by atoms with Crippen LogP contribution in [0.5, 0.6) is 0 Å². The van der Waals surface area contributed by atoms with Gasteiger partial charge in [-0.2, -0.15) is 0 Å². The molecule has 1 aromatic carbocycles. The summed E-state index contributed by atoms with van der Waals surface area (Å²) in [7, 11) is 2.13. The Kier molecular flexibility index (Phi) is 2.21. The first-order chi connectivity index (χ1) is 7.75. The van der Waals surface area contributed by atoms with E-state index in [1.807, 2.05) is 12.3 Å². The van der Waals surface area contributed by atoms with Crippen molar-refractivity contribution in [3.63, 3.8) is 0 Å². The summed E-state index contributed by atoms with van der Waals surface area (Å²) in [4.78, 5) is 5.56. The zero-order chi connectivity index (χ0) is 11.1. The van der Waals surface area contributed by atoms with E-state index in [1.54, 1.807) is 6.07 Å². The molecule has 0 unspecified atom stereocenters. The van der Waals surface area contributed by atoms with Gasteiger partial charge in [0.2, 0.25) is 0 Å². The number of hydrogen-bond acceptors (Lipinski definition) is 1. The number of likely N-dealkylation sites (tertiary alicyclic amines) is 1. The smallest absolute Gasteiger partial charge is 0.123 e. The van der Waals surface area contributed by atoms with Gasteiger partial charge in [-0.15, -0.1) is 0 Å². The van der Waals surface area contributed by atoms with Crippen molar-refractivity contribution in [1.29, 1.82) is 0 Å². The molecule has 0 radical (unpaired) electrons. The lowest BCUT2D eigenvalue weighted by molar-refractivity contribution is 0.319. The lowest BCUT2D eigenvalue weighted by Crippen LogP contribution is -2.17. The molecule has 2 aromatic rings. The van der Waals surface area contributed by atoms with Gasteiger partial charge in [-0.25, -0.2) is 4.39 Å². The van der Waals surface area contributed by atoms with Crippen molar-refractivity contribution in [2.24, 2.45) is 0 Å². The number of rotatable bonds is 1. The summed E-state index contributed by atoms with van der Waals surface area (Å²) in [6.45, 7) is 1.13. The molecule has 0 amide bonds. The van der Waals surface area contributed by atoms with Gasteiger partial charge in [-0.3, -0.25) is 4.90 Å². The minimum atomic E-state index is -0.158. The van der Waals surface area contributed by atoms with E-state index in [1.165, 1.54) is 24.5 Å². The molecule has 2 nitrogen and oxygen atoms in total. The Morgan fingerprint density at radius 1 is 1.44 bits per heavy atom. The lowest BCUT2D eigenvalue weighted by atomic mass is 10.0. The first-order valence-electron chi connectivity index (χ1n) is 5.72. The highest BCUT2D eigenvalue weighted by Crippen LogP contribution is 2.34. The molecule has 1 saturated heterocycles. The molecule has 2 heterocycles. The minimum absolute atomic E-state index is 0.158. The average Bonchev–Trinajstić information content (AvgIpc) is 2.83. The van der Waals surface area contributed by atoms with Crippen LogP contribution < -0.4 is 0 Å². The Balaban J connectivity index is 2.12. The van der Waals surface area contributed by atoms with Crippen LogP contribution in [0.25, 0.3) is 10.9 Å². The topological polar surface area (TPSA) is 19.0 Å². The van der Waals surface area contributed by atoms with Gasteiger partial charge in [0.25, 0.3) is 0 Å². The van der Waals surface area contributed by atoms with Crippen molar-refractivity contribution in [1.82, 2.24) is 9.88 Å². The number of aromatic amines is 1. The number of aromatic nitrogens is 1. The molecule has 16 heavy (non-hydrogen) atoms. The van der Waals surface area contributed by atoms with E-state index < -0.39 is 0 Å². The standard InChI is InChI=1S/C13H15FN2/c1-16-6-2-3-13(16)11-8-15-12-5-4-9(14)7-10(11)12/h4-5,7-8,13,15H,2-3,6H2,1H3/t13-/m0/s1. The van der Waals surface area contributed by atoms with Crippen molar-refractivity contribution in [2.45, 2.75) is 18.9 Å². The maximum atomic E-state index is 13.3. The number of halogens is 1. The van der Waals surface area contributed by atoms with Gasteiger partial charge in [0.1, 0.15) is 5.82 Å². The largest absolute Gasteiger partial charge is 0.361 e. The lowest BCUT2D eigenvalue weighted by Gasteiger charge is -2.18. The maximum absolute atomic E-state index is 13.3. The van der Waals surface area contributed by atoms with E-state index in [9.17, 15) is 4.39 Å². The van der Waals surface area contributed by atoms with Crippen molar-refractivity contribution in [3.8, 4) is 0 Å². The summed E-state index contributed by atoms with van der Waals surface area (Å²) >= 11 is 0. The fraction of sp³-hybridized carbons (Fsp3) is 0.385. The van der Waals surface area contributed by atoms with Gasteiger partial charge in [0, 0.05) is 23.1 Å². The fourth-order valence-corrected chi connectivity index (χ4v) is 2.69. The van der Waals surface area contributed by atoms with Crippen LogP contribution in [0, 0.1) is 5.82 Å². The van der Waals surface area contributed by atoms with Crippen molar-refractivity contribution >= 4 is 10.9 Å². The van der Waals surface area contributed by atoms with E-state index in [0.717, 1.165) is 17.4 Å². The first kappa shape index (κ1) is 9.85. The molecule has 0 spiro atoms. The van der Waals surface area contributed by atoms with Crippen molar-refractivity contribution in [3.05, 3.63) is 35.8 Å². The molecule has 3 heteroatoms. The predicted octanol–water partition coefficient (Wildman–Crippen LogP) is 3.07. The minimum Gasteiger partial charge on any atom is -0.361 e. The van der Waals surface area contributed by atoms with Crippen LogP contribution in [0.2, 0.25) is 0 Å². The average molecular weight is 218 g/mol. The van der Waals surface area contributed by atoms with Crippen molar-refractivity contribution in [2.75, 3.05) is 13.6 Å². The summed E-state index contributed by atoms with van der Waals surface area (Å²) in [6, 6.07) is 5.38. The Morgan fingerprint density at radius 3 is 3.06 bits per heavy atom. The van der Waals surface area contributed by atoms with E-state index in [-0.39, 0.29) is 5.82 Å². The molecule has 0 saturated carbocycles. The molecule has 1 aliphatic heterocycles. The van der Waals surface area contributed by atoms with E-state index in [4.69, 9.17) is 0 Å². The van der Waals surface area contributed by atoms with Gasteiger partial charge in [0.05, 0.1) is 0 Å². The highest BCUT2D eigenvalue weighted by Gasteiger charge is 2.24. The molecule has 1 atom stereocenters. The summed E-state index contributed by atoms with van der Waals surface area (Å²) in [5, 5.41) is 1.03. The van der Waals surface area contributed by atoms with Gasteiger partial charge in [0.15, 0.2) is 0 Å². The third kappa shape index (κ3) is 1.43. The summed E-state index contributed by atoms with van der Waals surface area (Å²) < 4.78 is 13.3. The van der Waals surface area contributed by atoms with Gasteiger partial charge in [-0.1, -0.05) is 0 Å². The molecule has 0 aliphatic carbocycles. The number of benzene rings is 1. The van der Waals surface area contributed by atoms with Gasteiger partial charge in [-0.05, 0) is 50.2 Å². The zero-order valence-electron chi connectivity index (χ0n) is 9.33. The number of hydrogen-bond donors (Lipinski definition) is 1. The molecule has 1 N–H and O–H groups in total. The Morgan fingerprint density at radius 2 is 2.31 bits per heavy atom. The predicted molar refractivity (Wildman–Crippen MR) is 62.9 cm³/mol. The molecule has 84 valence electrons. The Bertz CT molecular complexity index is 518. The number of nitrogens with zero attached hydrogens (tertiary/aromatic N) is 1. The Hall–Kier alpha value is -1.35. The number of fused-ring (bicyclic) bond motifs is 1. The van der Waals surface area contributed by atoms with Crippen LogP contribution in [0.1, 0.15) is 24.4 Å². The van der Waals surface area contributed by atoms with Crippen LogP contribution in [-0.4, -0.2) is 23.5 Å². The second kappa shape index (κ2) is 3.59. The molecular formula is C13H15FN2. The van der Waals surface area contributed by atoms with Gasteiger partial charge >= 0.3 is 0 Å². The molecule has 1 aromatic heterocycles. The SMILES string of the molecule is CN1CCC[C@H]1c1c[nH]c2ccc(F)cc12. The Labute approximate surface area is 94.1 Å². The number of H-pyrrole nitrogens is 1. The molecule has 1 fully saturated rings. The van der Waals surface area contributed by atoms with Crippen LogP contribution in [0.15, 0.2) is 24.4 Å². The zero-order valence-corrected chi connectivity index (χ0v) is 9.33. The highest BCUT2D eigenvalue weighted by atomic mass is 19.1. The van der Waals surface area contributed by atoms with E-state index in [2.05, 4.69) is 16.9 Å². The molecule has 0 bridgehead atoms. The van der Waals surface area contributed by atoms with Crippen LogP contribution in [-0.2, 0) is 0 Å². The second-order valence-corrected chi connectivity index (χ2v) is 4.57. The quantitative estimate of drug-likeness (QED) is 0.779. The van der Waals surface area contributed by atoms with E-state index >= 15 is 0 Å². The number of nitrogens with one attached hydrogen (secondary N) is 1. The fourth-order valence-electron chi connectivity index (χ4n) is 2.69. The summed E-state index contributed by atoms with van der Waals surface area (Å²) in [6.07, 6.45) is 4.42.